The first-order valence-corrected chi connectivity index (χ1v) is 10.3. The highest BCUT2D eigenvalue weighted by molar-refractivity contribution is 7.83. The highest BCUT2D eigenvalue weighted by atomic mass is 32.2. The molecule has 0 aromatic heterocycles. The molecule has 1 aromatic carbocycles. The van der Waals surface area contributed by atoms with E-state index < -0.39 is 10.8 Å². The van der Waals surface area contributed by atoms with Crippen molar-refractivity contribution in [3.8, 4) is 0 Å². The van der Waals surface area contributed by atoms with Crippen LogP contribution < -0.4 is 10.6 Å². The maximum atomic E-state index is 12.4. The minimum absolute atomic E-state index is 0.0639. The number of benzene rings is 1. The number of carbonyl (C=O) groups excluding carboxylic acids is 2. The van der Waals surface area contributed by atoms with Crippen LogP contribution in [0.4, 0.5) is 4.79 Å². The largest absolute Gasteiger partial charge is 0.352 e. The number of rotatable bonds is 6. The first-order valence-electron chi connectivity index (χ1n) is 8.59. The molecule has 6 nitrogen and oxygen atoms in total. The maximum Gasteiger partial charge on any atom is 0.318 e. The average molecular weight is 365 g/mol. The third-order valence-corrected chi connectivity index (χ3v) is 4.82. The smallest absolute Gasteiger partial charge is 0.318 e. The molecule has 0 aliphatic carbocycles. The van der Waals surface area contributed by atoms with E-state index in [0.717, 1.165) is 17.5 Å². The summed E-state index contributed by atoms with van der Waals surface area (Å²) in [4.78, 5) is 26.3. The zero-order chi connectivity index (χ0) is 18.4. The van der Waals surface area contributed by atoms with Gasteiger partial charge in [0.05, 0.1) is 0 Å². The van der Waals surface area contributed by atoms with Crippen molar-refractivity contribution >= 4 is 22.7 Å². The molecule has 0 saturated carbocycles. The van der Waals surface area contributed by atoms with Gasteiger partial charge in [-0.15, -0.1) is 0 Å². The molecule has 138 valence electrons. The van der Waals surface area contributed by atoms with E-state index in [2.05, 4.69) is 10.6 Å². The monoisotopic (exact) mass is 365 g/mol. The van der Waals surface area contributed by atoms with Crippen LogP contribution in [0.15, 0.2) is 24.3 Å². The second-order valence-corrected chi connectivity index (χ2v) is 8.14. The minimum Gasteiger partial charge on any atom is -0.352 e. The predicted octanol–water partition coefficient (Wildman–Crippen LogP) is 1.76. The number of nitrogens with one attached hydrogen (secondary N) is 2. The van der Waals surface area contributed by atoms with Gasteiger partial charge in [0, 0.05) is 41.9 Å². The lowest BCUT2D eigenvalue weighted by Crippen LogP contribution is -2.50. The van der Waals surface area contributed by atoms with Crippen LogP contribution in [0.5, 0.6) is 0 Å². The summed E-state index contributed by atoms with van der Waals surface area (Å²) in [5.74, 6) is 0.451. The van der Waals surface area contributed by atoms with Crippen molar-refractivity contribution in [3.05, 3.63) is 35.4 Å². The van der Waals surface area contributed by atoms with Crippen molar-refractivity contribution in [1.29, 1.82) is 0 Å². The summed E-state index contributed by atoms with van der Waals surface area (Å²) >= 11 is 0. The number of carbonyl (C=O) groups is 2. The number of hydrogen-bond acceptors (Lipinski definition) is 3. The van der Waals surface area contributed by atoms with Gasteiger partial charge in [-0.05, 0) is 37.8 Å². The van der Waals surface area contributed by atoms with Crippen molar-refractivity contribution in [1.82, 2.24) is 15.5 Å². The van der Waals surface area contributed by atoms with Gasteiger partial charge < -0.3 is 15.5 Å². The molecule has 1 heterocycles. The van der Waals surface area contributed by atoms with E-state index in [4.69, 9.17) is 0 Å². The Kier molecular flexibility index (Phi) is 6.99. The molecule has 1 aliphatic rings. The van der Waals surface area contributed by atoms with E-state index >= 15 is 0 Å². The normalized spacial score (nSPS) is 18.2. The summed E-state index contributed by atoms with van der Waals surface area (Å²) in [6, 6.07) is 7.18. The first-order chi connectivity index (χ1) is 11.9. The highest BCUT2D eigenvalue weighted by Crippen LogP contribution is 2.18. The first kappa shape index (κ1) is 19.4. The van der Waals surface area contributed by atoms with Crippen LogP contribution in [0.3, 0.4) is 0 Å². The van der Waals surface area contributed by atoms with Crippen LogP contribution in [-0.2, 0) is 27.9 Å². The maximum absolute atomic E-state index is 12.4. The van der Waals surface area contributed by atoms with Crippen molar-refractivity contribution in [2.75, 3.05) is 12.8 Å². The SMILES string of the molecule is CC(C)NC(=O)[C@H]1CCCN1C(=O)NCc1ccc(CS(C)=O)cc1. The Balaban J connectivity index is 1.88. The molecule has 0 radical (unpaired) electrons. The standard InChI is InChI=1S/C18H27N3O3S/c1-13(2)20-17(22)16-5-4-10-21(16)18(23)19-11-14-6-8-15(9-7-14)12-25(3)24/h6-9,13,16H,4-5,10-12H2,1-3H3,(H,19,23)(H,20,22)/t16-,25?/m1/s1. The van der Waals surface area contributed by atoms with Crippen LogP contribution >= 0.6 is 0 Å². The molecule has 2 rings (SSSR count). The van der Waals surface area contributed by atoms with Gasteiger partial charge in [0.15, 0.2) is 0 Å². The fraction of sp³-hybridized carbons (Fsp3) is 0.556. The Bertz CT molecular complexity index is 631. The number of amides is 3. The lowest BCUT2D eigenvalue weighted by atomic mass is 10.1. The Morgan fingerprint density at radius 2 is 1.88 bits per heavy atom. The Hall–Kier alpha value is -1.89. The summed E-state index contributed by atoms with van der Waals surface area (Å²) in [5, 5.41) is 5.77. The molecule has 25 heavy (non-hydrogen) atoms. The van der Waals surface area contributed by atoms with Gasteiger partial charge in [0.2, 0.25) is 5.91 Å². The van der Waals surface area contributed by atoms with Gasteiger partial charge in [-0.2, -0.15) is 0 Å². The molecule has 1 aliphatic heterocycles. The summed E-state index contributed by atoms with van der Waals surface area (Å²) in [5.41, 5.74) is 1.99. The van der Waals surface area contributed by atoms with Crippen LogP contribution in [0.1, 0.15) is 37.8 Å². The Labute approximate surface area is 151 Å². The highest BCUT2D eigenvalue weighted by Gasteiger charge is 2.34. The van der Waals surface area contributed by atoms with Crippen molar-refractivity contribution in [2.24, 2.45) is 0 Å². The van der Waals surface area contributed by atoms with Gasteiger partial charge in [0.25, 0.3) is 0 Å². The zero-order valence-electron chi connectivity index (χ0n) is 15.1. The summed E-state index contributed by atoms with van der Waals surface area (Å²) < 4.78 is 11.2. The minimum atomic E-state index is -0.863. The molecular weight excluding hydrogens is 338 g/mol. The predicted molar refractivity (Wildman–Crippen MR) is 99.5 cm³/mol. The van der Waals surface area contributed by atoms with Crippen LogP contribution in [-0.4, -0.2) is 45.9 Å². The molecule has 0 spiro atoms. The van der Waals surface area contributed by atoms with E-state index in [1.807, 2.05) is 38.1 Å². The topological polar surface area (TPSA) is 78.5 Å². The molecule has 1 saturated heterocycles. The van der Waals surface area contributed by atoms with Crippen LogP contribution in [0.2, 0.25) is 0 Å². The van der Waals surface area contributed by atoms with Gasteiger partial charge >= 0.3 is 6.03 Å². The molecule has 0 bridgehead atoms. The van der Waals surface area contributed by atoms with Crippen molar-refractivity contribution in [2.45, 2.75) is 51.1 Å². The van der Waals surface area contributed by atoms with Crippen LogP contribution in [0.25, 0.3) is 0 Å². The average Bonchev–Trinajstić information content (AvgIpc) is 3.02. The van der Waals surface area contributed by atoms with E-state index in [-0.39, 0.29) is 24.0 Å². The number of hydrogen-bond donors (Lipinski definition) is 2. The lowest BCUT2D eigenvalue weighted by Gasteiger charge is -2.25. The zero-order valence-corrected chi connectivity index (χ0v) is 15.9. The van der Waals surface area contributed by atoms with Gasteiger partial charge in [-0.25, -0.2) is 4.79 Å². The third-order valence-electron chi connectivity index (χ3n) is 4.08. The van der Waals surface area contributed by atoms with Gasteiger partial charge in [-0.1, -0.05) is 24.3 Å². The van der Waals surface area contributed by atoms with E-state index in [9.17, 15) is 13.8 Å². The third kappa shape index (κ3) is 5.85. The van der Waals surface area contributed by atoms with Crippen molar-refractivity contribution < 1.29 is 13.8 Å². The van der Waals surface area contributed by atoms with Gasteiger partial charge in [0.1, 0.15) is 6.04 Å². The second-order valence-electron chi connectivity index (χ2n) is 6.71. The lowest BCUT2D eigenvalue weighted by molar-refractivity contribution is -0.125. The Morgan fingerprint density at radius 3 is 2.48 bits per heavy atom. The van der Waals surface area contributed by atoms with E-state index in [1.165, 1.54) is 0 Å². The summed E-state index contributed by atoms with van der Waals surface area (Å²) in [6.45, 7) is 4.83. The summed E-state index contributed by atoms with van der Waals surface area (Å²) in [6.07, 6.45) is 3.22. The second kappa shape index (κ2) is 8.99. The van der Waals surface area contributed by atoms with Crippen LogP contribution in [0, 0.1) is 0 Å². The molecule has 1 fully saturated rings. The molecule has 2 N–H and O–H groups in total. The molecule has 1 aromatic rings. The Morgan fingerprint density at radius 1 is 1.24 bits per heavy atom. The molecular formula is C18H27N3O3S. The fourth-order valence-corrected chi connectivity index (χ4v) is 3.59. The van der Waals surface area contributed by atoms with Crippen molar-refractivity contribution in [3.63, 3.8) is 0 Å². The summed E-state index contributed by atoms with van der Waals surface area (Å²) in [7, 11) is -0.863. The molecule has 3 amide bonds. The van der Waals surface area contributed by atoms with Gasteiger partial charge in [-0.3, -0.25) is 9.00 Å². The molecule has 1 unspecified atom stereocenters. The number of nitrogens with zero attached hydrogens (tertiary/aromatic N) is 1. The number of urea groups is 1. The molecule has 7 heteroatoms. The fourth-order valence-electron chi connectivity index (χ4n) is 2.93. The quantitative estimate of drug-likeness (QED) is 0.806. The molecule has 2 atom stereocenters. The number of likely N-dealkylation sites (tertiary alicyclic amines) is 1. The van der Waals surface area contributed by atoms with E-state index in [0.29, 0.717) is 25.3 Å². The van der Waals surface area contributed by atoms with E-state index in [1.54, 1.807) is 11.2 Å².